The number of carboxylic acids is 1. The monoisotopic (exact) mass is 297 g/mol. The normalized spacial score (nSPS) is 12.7. The van der Waals surface area contributed by atoms with E-state index in [0.29, 0.717) is 12.3 Å². The van der Waals surface area contributed by atoms with Crippen molar-refractivity contribution < 1.29 is 31.5 Å². The molecule has 0 atom stereocenters. The van der Waals surface area contributed by atoms with Gasteiger partial charge in [0.25, 0.3) is 0 Å². The van der Waals surface area contributed by atoms with E-state index in [1.165, 1.54) is 13.8 Å². The number of carboxylic acid groups (broad SMARTS) is 1. The summed E-state index contributed by atoms with van der Waals surface area (Å²) in [5.74, 6) is -1.70. The molecule has 106 valence electrons. The zero-order chi connectivity index (χ0) is 15.0. The van der Waals surface area contributed by atoms with Gasteiger partial charge in [-0.25, -0.2) is 18.2 Å². The van der Waals surface area contributed by atoms with Crippen LogP contribution in [0.5, 0.6) is 0 Å². The molecule has 0 amide bonds. The maximum atomic E-state index is 12.5. The lowest BCUT2D eigenvalue weighted by atomic mass is 10.2. The Morgan fingerprint density at radius 2 is 1.89 bits per heavy atom. The van der Waals surface area contributed by atoms with Gasteiger partial charge in [-0.2, -0.15) is 13.2 Å². The van der Waals surface area contributed by atoms with Crippen molar-refractivity contribution in [1.82, 2.24) is 4.98 Å². The summed E-state index contributed by atoms with van der Waals surface area (Å²) in [5.41, 5.74) is -2.22. The predicted octanol–water partition coefficient (Wildman–Crippen LogP) is 1.98. The summed E-state index contributed by atoms with van der Waals surface area (Å²) in [5, 5.41) is 7.74. The highest BCUT2D eigenvalue weighted by Gasteiger charge is 2.35. The van der Waals surface area contributed by atoms with E-state index in [9.17, 15) is 26.4 Å². The van der Waals surface area contributed by atoms with Crippen LogP contribution in [-0.2, 0) is 16.0 Å². The highest BCUT2D eigenvalue weighted by molar-refractivity contribution is 7.92. The second-order valence-corrected chi connectivity index (χ2v) is 6.44. The molecule has 5 nitrogen and oxygen atoms in total. The van der Waals surface area contributed by atoms with Crippen molar-refractivity contribution in [3.05, 3.63) is 23.5 Å². The van der Waals surface area contributed by atoms with Crippen LogP contribution in [0.2, 0.25) is 0 Å². The van der Waals surface area contributed by atoms with Gasteiger partial charge >= 0.3 is 12.1 Å². The molecule has 0 unspecified atom stereocenters. The molecule has 0 spiro atoms. The second kappa shape index (κ2) is 4.80. The highest BCUT2D eigenvalue weighted by atomic mass is 32.2. The van der Waals surface area contributed by atoms with Gasteiger partial charge < -0.3 is 5.11 Å². The van der Waals surface area contributed by atoms with Gasteiger partial charge in [0.15, 0.2) is 15.5 Å². The van der Waals surface area contributed by atoms with Gasteiger partial charge in [0.2, 0.25) is 0 Å². The lowest BCUT2D eigenvalue weighted by molar-refractivity contribution is -0.138. The number of nitrogens with zero attached hydrogens (tertiary/aromatic N) is 1. The smallest absolute Gasteiger partial charge is 0.417 e. The molecular formula is C10H10F3NO4S. The Hall–Kier alpha value is -1.64. The first kappa shape index (κ1) is 15.4. The average molecular weight is 297 g/mol. The van der Waals surface area contributed by atoms with Crippen molar-refractivity contribution in [3.63, 3.8) is 0 Å². The molecule has 1 aromatic heterocycles. The Labute approximate surface area is 107 Å². The number of halogens is 3. The van der Waals surface area contributed by atoms with Crippen LogP contribution in [-0.4, -0.2) is 29.7 Å². The quantitative estimate of drug-likeness (QED) is 0.922. The van der Waals surface area contributed by atoms with E-state index in [2.05, 4.69) is 4.98 Å². The van der Waals surface area contributed by atoms with Crippen molar-refractivity contribution >= 4 is 15.8 Å². The SMILES string of the molecule is CC(C)S(=O)(=O)c1cc(C(F)(F)F)cnc1C(=O)O. The largest absolute Gasteiger partial charge is 0.476 e. The van der Waals surface area contributed by atoms with E-state index in [-0.39, 0.29) is 0 Å². The van der Waals surface area contributed by atoms with Crippen LogP contribution < -0.4 is 0 Å². The summed E-state index contributed by atoms with van der Waals surface area (Å²) >= 11 is 0. The summed E-state index contributed by atoms with van der Waals surface area (Å²) in [6, 6.07) is 0.297. The molecule has 9 heteroatoms. The van der Waals surface area contributed by atoms with Crippen molar-refractivity contribution in [2.45, 2.75) is 30.2 Å². The van der Waals surface area contributed by atoms with Gasteiger partial charge in [-0.15, -0.1) is 0 Å². The number of aromatic nitrogens is 1. The number of aromatic carboxylic acids is 1. The van der Waals surface area contributed by atoms with E-state index < -0.39 is 43.4 Å². The van der Waals surface area contributed by atoms with Crippen LogP contribution in [0.4, 0.5) is 13.2 Å². The molecule has 1 N–H and O–H groups in total. The minimum Gasteiger partial charge on any atom is -0.476 e. The maximum Gasteiger partial charge on any atom is 0.417 e. The molecule has 0 bridgehead atoms. The van der Waals surface area contributed by atoms with Gasteiger partial charge in [-0.1, -0.05) is 0 Å². The Bertz CT molecular complexity index is 608. The topological polar surface area (TPSA) is 84.3 Å². The first-order valence-electron chi connectivity index (χ1n) is 5.02. The number of carbonyl (C=O) groups is 1. The molecule has 0 radical (unpaired) electrons. The molecule has 19 heavy (non-hydrogen) atoms. The van der Waals surface area contributed by atoms with Gasteiger partial charge in [0, 0.05) is 6.20 Å². The van der Waals surface area contributed by atoms with E-state index in [1.807, 2.05) is 0 Å². The van der Waals surface area contributed by atoms with Crippen LogP contribution in [0.25, 0.3) is 0 Å². The van der Waals surface area contributed by atoms with E-state index in [0.717, 1.165) is 0 Å². The van der Waals surface area contributed by atoms with Crippen LogP contribution >= 0.6 is 0 Å². The third-order valence-electron chi connectivity index (χ3n) is 2.31. The molecule has 0 fully saturated rings. The lowest BCUT2D eigenvalue weighted by Crippen LogP contribution is -2.20. The molecule has 0 aromatic carbocycles. The summed E-state index contributed by atoms with van der Waals surface area (Å²) in [6.07, 6.45) is -4.51. The Balaban J connectivity index is 3.63. The zero-order valence-corrected chi connectivity index (χ0v) is 10.7. The van der Waals surface area contributed by atoms with Gasteiger partial charge in [-0.3, -0.25) is 0 Å². The molecule has 0 aliphatic heterocycles. The maximum absolute atomic E-state index is 12.5. The van der Waals surface area contributed by atoms with Gasteiger partial charge in [0.05, 0.1) is 10.8 Å². The summed E-state index contributed by atoms with van der Waals surface area (Å²) in [6.45, 7) is 2.47. The van der Waals surface area contributed by atoms with Crippen LogP contribution in [0.3, 0.4) is 0 Å². The Morgan fingerprint density at radius 3 is 2.26 bits per heavy atom. The van der Waals surface area contributed by atoms with Crippen molar-refractivity contribution in [2.24, 2.45) is 0 Å². The Kier molecular flexibility index (Phi) is 3.89. The molecule has 1 aromatic rings. The fourth-order valence-corrected chi connectivity index (χ4v) is 2.44. The standard InChI is InChI=1S/C10H10F3NO4S/c1-5(2)19(17,18)7-3-6(10(11,12)13)4-14-8(7)9(15)16/h3-5H,1-2H3,(H,15,16). The Morgan fingerprint density at radius 1 is 1.37 bits per heavy atom. The molecule has 1 heterocycles. The highest BCUT2D eigenvalue weighted by Crippen LogP contribution is 2.31. The molecular weight excluding hydrogens is 287 g/mol. The van der Waals surface area contributed by atoms with Gasteiger partial charge in [0.1, 0.15) is 4.90 Å². The van der Waals surface area contributed by atoms with Gasteiger partial charge in [-0.05, 0) is 19.9 Å². The molecule has 0 aliphatic carbocycles. The molecule has 0 saturated carbocycles. The number of hydrogen-bond acceptors (Lipinski definition) is 4. The summed E-state index contributed by atoms with van der Waals surface area (Å²) < 4.78 is 61.3. The second-order valence-electron chi connectivity index (χ2n) is 3.97. The molecule has 0 saturated heterocycles. The predicted molar refractivity (Wildman–Crippen MR) is 58.5 cm³/mol. The van der Waals surface area contributed by atoms with Crippen molar-refractivity contribution in [1.29, 1.82) is 0 Å². The average Bonchev–Trinajstić information content (AvgIpc) is 2.26. The van der Waals surface area contributed by atoms with E-state index >= 15 is 0 Å². The number of hydrogen-bond donors (Lipinski definition) is 1. The van der Waals surface area contributed by atoms with Crippen molar-refractivity contribution in [2.75, 3.05) is 0 Å². The fourth-order valence-electron chi connectivity index (χ4n) is 1.23. The van der Waals surface area contributed by atoms with Crippen LogP contribution in [0, 0.1) is 0 Å². The number of rotatable bonds is 3. The van der Waals surface area contributed by atoms with Crippen molar-refractivity contribution in [3.8, 4) is 0 Å². The van der Waals surface area contributed by atoms with E-state index in [1.54, 1.807) is 0 Å². The molecule has 1 rings (SSSR count). The summed E-state index contributed by atoms with van der Waals surface area (Å²) in [7, 11) is -4.18. The minimum atomic E-state index is -4.80. The first-order valence-corrected chi connectivity index (χ1v) is 6.57. The lowest BCUT2D eigenvalue weighted by Gasteiger charge is -2.13. The third kappa shape index (κ3) is 3.03. The third-order valence-corrected chi connectivity index (χ3v) is 4.48. The number of alkyl halides is 3. The van der Waals surface area contributed by atoms with Crippen LogP contribution in [0.15, 0.2) is 17.2 Å². The zero-order valence-electron chi connectivity index (χ0n) is 9.89. The van der Waals surface area contributed by atoms with Crippen LogP contribution in [0.1, 0.15) is 29.9 Å². The summed E-state index contributed by atoms with van der Waals surface area (Å²) in [4.78, 5) is 13.0. The van der Waals surface area contributed by atoms with E-state index in [4.69, 9.17) is 5.11 Å². The number of sulfone groups is 1. The fraction of sp³-hybridized carbons (Fsp3) is 0.400. The first-order chi connectivity index (χ1) is 8.48. The molecule has 0 aliphatic rings. The number of pyridine rings is 1. The minimum absolute atomic E-state index is 0.294.